The fourth-order valence-electron chi connectivity index (χ4n) is 2.47. The first-order chi connectivity index (χ1) is 8.78. The highest BCUT2D eigenvalue weighted by molar-refractivity contribution is 5.96. The average molecular weight is 264 g/mol. The van der Waals surface area contributed by atoms with Crippen molar-refractivity contribution in [3.8, 4) is 11.5 Å². The summed E-state index contributed by atoms with van der Waals surface area (Å²) in [5.41, 5.74) is 2.29. The lowest BCUT2D eigenvalue weighted by Crippen LogP contribution is -2.34. The maximum atomic E-state index is 11.9. The number of ether oxygens (including phenoxy) is 2. The van der Waals surface area contributed by atoms with Gasteiger partial charge in [-0.3, -0.25) is 0 Å². The Bertz CT molecular complexity index is 544. The van der Waals surface area contributed by atoms with Crippen LogP contribution >= 0.6 is 0 Å². The molecule has 0 amide bonds. The summed E-state index contributed by atoms with van der Waals surface area (Å²) < 4.78 is 10.8. The average Bonchev–Trinajstić information content (AvgIpc) is 2.36. The van der Waals surface area contributed by atoms with Crippen molar-refractivity contribution < 1.29 is 19.4 Å². The first kappa shape index (κ1) is 13.7. The van der Waals surface area contributed by atoms with E-state index in [-0.39, 0.29) is 16.9 Å². The van der Waals surface area contributed by atoms with E-state index in [9.17, 15) is 9.90 Å². The van der Waals surface area contributed by atoms with E-state index < -0.39 is 5.97 Å². The first-order valence-corrected chi connectivity index (χ1v) is 6.41. The molecule has 1 aliphatic rings. The zero-order chi connectivity index (χ0) is 14.4. The first-order valence-electron chi connectivity index (χ1n) is 6.41. The van der Waals surface area contributed by atoms with Crippen LogP contribution in [0.15, 0.2) is 0 Å². The van der Waals surface area contributed by atoms with Crippen molar-refractivity contribution in [3.05, 3.63) is 22.3 Å². The number of hydrogen-bond acceptors (Lipinski definition) is 4. The quantitative estimate of drug-likeness (QED) is 0.792. The summed E-state index contributed by atoms with van der Waals surface area (Å²) in [7, 11) is 1.32. The minimum Gasteiger partial charge on any atom is -0.507 e. The van der Waals surface area contributed by atoms with Crippen LogP contribution in [0, 0.1) is 13.8 Å². The molecule has 4 heteroatoms. The lowest BCUT2D eigenvalue weighted by molar-refractivity contribution is 0.0580. The fraction of sp³-hybridized carbons (Fsp3) is 0.533. The van der Waals surface area contributed by atoms with Gasteiger partial charge >= 0.3 is 5.97 Å². The van der Waals surface area contributed by atoms with Gasteiger partial charge in [0.2, 0.25) is 0 Å². The predicted octanol–water partition coefficient (Wildman–Crippen LogP) is 2.90. The lowest BCUT2D eigenvalue weighted by Gasteiger charge is -2.35. The van der Waals surface area contributed by atoms with Crippen molar-refractivity contribution in [2.24, 2.45) is 0 Å². The predicted molar refractivity (Wildman–Crippen MR) is 71.9 cm³/mol. The second-order valence-corrected chi connectivity index (χ2v) is 5.63. The summed E-state index contributed by atoms with van der Waals surface area (Å²) >= 11 is 0. The number of aromatic hydroxyl groups is 1. The SMILES string of the molecule is COC(=O)c1c(O)c(C)c(C)c2c1CCC(C)(C)O2. The Morgan fingerprint density at radius 3 is 2.53 bits per heavy atom. The molecular weight excluding hydrogens is 244 g/mol. The van der Waals surface area contributed by atoms with E-state index >= 15 is 0 Å². The van der Waals surface area contributed by atoms with Crippen LogP contribution in [0.2, 0.25) is 0 Å². The zero-order valence-electron chi connectivity index (χ0n) is 12.1. The van der Waals surface area contributed by atoms with E-state index in [2.05, 4.69) is 0 Å². The van der Waals surface area contributed by atoms with Gasteiger partial charge < -0.3 is 14.6 Å². The van der Waals surface area contributed by atoms with E-state index in [1.54, 1.807) is 6.92 Å². The molecule has 0 radical (unpaired) electrons. The van der Waals surface area contributed by atoms with E-state index in [1.165, 1.54) is 7.11 Å². The van der Waals surface area contributed by atoms with Gasteiger partial charge in [0.25, 0.3) is 0 Å². The molecule has 2 rings (SSSR count). The molecule has 19 heavy (non-hydrogen) atoms. The van der Waals surface area contributed by atoms with Crippen molar-refractivity contribution in [1.82, 2.24) is 0 Å². The second kappa shape index (κ2) is 4.44. The fourth-order valence-corrected chi connectivity index (χ4v) is 2.47. The number of benzene rings is 1. The molecule has 0 saturated heterocycles. The minimum absolute atomic E-state index is 0.00593. The topological polar surface area (TPSA) is 55.8 Å². The highest BCUT2D eigenvalue weighted by atomic mass is 16.5. The molecule has 1 N–H and O–H groups in total. The van der Waals surface area contributed by atoms with Gasteiger partial charge in [0, 0.05) is 5.56 Å². The van der Waals surface area contributed by atoms with Crippen LogP contribution in [0.5, 0.6) is 11.5 Å². The van der Waals surface area contributed by atoms with Crippen LogP contribution in [0.4, 0.5) is 0 Å². The molecule has 1 aromatic rings. The van der Waals surface area contributed by atoms with Gasteiger partial charge in [0.1, 0.15) is 22.7 Å². The van der Waals surface area contributed by atoms with E-state index in [1.807, 2.05) is 20.8 Å². The number of phenols is 1. The van der Waals surface area contributed by atoms with Gasteiger partial charge in [-0.2, -0.15) is 0 Å². The lowest BCUT2D eigenvalue weighted by atomic mass is 9.87. The van der Waals surface area contributed by atoms with Crippen LogP contribution in [0.25, 0.3) is 0 Å². The van der Waals surface area contributed by atoms with Gasteiger partial charge in [-0.1, -0.05) is 0 Å². The Labute approximate surface area is 113 Å². The van der Waals surface area contributed by atoms with Crippen molar-refractivity contribution in [2.75, 3.05) is 7.11 Å². The number of rotatable bonds is 1. The molecule has 0 atom stereocenters. The second-order valence-electron chi connectivity index (χ2n) is 5.63. The Kier molecular flexibility index (Phi) is 3.20. The van der Waals surface area contributed by atoms with Crippen molar-refractivity contribution in [2.45, 2.75) is 46.1 Å². The Hall–Kier alpha value is -1.71. The van der Waals surface area contributed by atoms with Gasteiger partial charge in [-0.25, -0.2) is 4.79 Å². The number of hydrogen-bond donors (Lipinski definition) is 1. The third-order valence-electron chi connectivity index (χ3n) is 3.82. The Morgan fingerprint density at radius 2 is 1.95 bits per heavy atom. The minimum atomic E-state index is -0.514. The normalized spacial score (nSPS) is 16.5. The van der Waals surface area contributed by atoms with E-state index in [0.29, 0.717) is 17.7 Å². The molecule has 0 bridgehead atoms. The molecule has 0 aromatic heterocycles. The van der Waals surface area contributed by atoms with Gasteiger partial charge in [-0.05, 0) is 51.7 Å². The smallest absolute Gasteiger partial charge is 0.342 e. The highest BCUT2D eigenvalue weighted by Crippen LogP contribution is 2.43. The number of methoxy groups -OCH3 is 1. The molecule has 1 aliphatic heterocycles. The maximum Gasteiger partial charge on any atom is 0.342 e. The van der Waals surface area contributed by atoms with Crippen molar-refractivity contribution in [1.29, 1.82) is 0 Å². The molecule has 1 heterocycles. The summed E-state index contributed by atoms with van der Waals surface area (Å²) in [6.45, 7) is 7.73. The number of carbonyl (C=O) groups excluding carboxylic acids is 1. The summed E-state index contributed by atoms with van der Waals surface area (Å²) in [6.07, 6.45) is 1.49. The third-order valence-corrected chi connectivity index (χ3v) is 3.82. The molecule has 1 aromatic carbocycles. The molecule has 104 valence electrons. The number of phenolic OH excluding ortho intramolecular Hbond substituents is 1. The van der Waals surface area contributed by atoms with Crippen molar-refractivity contribution in [3.63, 3.8) is 0 Å². The van der Waals surface area contributed by atoms with Crippen LogP contribution < -0.4 is 4.74 Å². The zero-order valence-corrected chi connectivity index (χ0v) is 12.1. The monoisotopic (exact) mass is 264 g/mol. The number of esters is 1. The van der Waals surface area contributed by atoms with Gasteiger partial charge in [-0.15, -0.1) is 0 Å². The summed E-state index contributed by atoms with van der Waals surface area (Å²) in [4.78, 5) is 11.9. The molecular formula is C15H20O4. The Balaban J connectivity index is 2.71. The standard InChI is InChI=1S/C15H20O4/c1-8-9(2)13-10(6-7-15(3,4)19-13)11(12(8)16)14(17)18-5/h16H,6-7H2,1-5H3. The van der Waals surface area contributed by atoms with Gasteiger partial charge in [0.15, 0.2) is 0 Å². The maximum absolute atomic E-state index is 11.9. The number of carbonyl (C=O) groups is 1. The van der Waals surface area contributed by atoms with Gasteiger partial charge in [0.05, 0.1) is 7.11 Å². The Morgan fingerprint density at radius 1 is 1.32 bits per heavy atom. The molecule has 0 saturated carbocycles. The number of fused-ring (bicyclic) bond motifs is 1. The third kappa shape index (κ3) is 2.15. The largest absolute Gasteiger partial charge is 0.507 e. The van der Waals surface area contributed by atoms with E-state index in [0.717, 1.165) is 17.5 Å². The van der Waals surface area contributed by atoms with Crippen LogP contribution in [-0.4, -0.2) is 23.8 Å². The van der Waals surface area contributed by atoms with E-state index in [4.69, 9.17) is 9.47 Å². The molecule has 0 spiro atoms. The van der Waals surface area contributed by atoms with Crippen molar-refractivity contribution >= 4 is 5.97 Å². The molecule has 0 aliphatic carbocycles. The highest BCUT2D eigenvalue weighted by Gasteiger charge is 2.33. The molecule has 0 fully saturated rings. The molecule has 0 unspecified atom stereocenters. The van der Waals surface area contributed by atoms with Crippen LogP contribution in [0.1, 0.15) is 47.3 Å². The van der Waals surface area contributed by atoms with Crippen LogP contribution in [-0.2, 0) is 11.2 Å². The summed E-state index contributed by atoms with van der Waals surface area (Å²) in [5.74, 6) is 0.207. The summed E-state index contributed by atoms with van der Waals surface area (Å²) in [6, 6.07) is 0. The molecule has 4 nitrogen and oxygen atoms in total. The van der Waals surface area contributed by atoms with Crippen LogP contribution in [0.3, 0.4) is 0 Å². The summed E-state index contributed by atoms with van der Waals surface area (Å²) in [5, 5.41) is 10.2.